The molecule has 1 amide bonds. The standard InChI is InChI=1S/C15H13BrFNO3S/c1-9(14(19)18-8-11-3-2-6-22-11)21-15(20)12-7-10(16)4-5-13(12)17/h2-7,9H,8H2,1H3,(H,18,19)/t9-/m1/s1. The molecule has 0 aliphatic rings. The summed E-state index contributed by atoms with van der Waals surface area (Å²) in [4.78, 5) is 24.8. The number of benzene rings is 1. The van der Waals surface area contributed by atoms with Crippen LogP contribution in [-0.2, 0) is 16.1 Å². The first-order valence-electron chi connectivity index (χ1n) is 6.43. The summed E-state index contributed by atoms with van der Waals surface area (Å²) >= 11 is 4.67. The maximum Gasteiger partial charge on any atom is 0.341 e. The Morgan fingerprint density at radius 1 is 1.41 bits per heavy atom. The predicted octanol–water partition coefficient (Wildman–Crippen LogP) is 3.51. The van der Waals surface area contributed by atoms with Crippen molar-refractivity contribution < 1.29 is 18.7 Å². The van der Waals surface area contributed by atoms with E-state index in [2.05, 4.69) is 21.2 Å². The number of halogens is 2. The molecule has 2 aromatic rings. The molecule has 4 nitrogen and oxygen atoms in total. The third-order valence-electron chi connectivity index (χ3n) is 2.82. The molecular weight excluding hydrogens is 373 g/mol. The summed E-state index contributed by atoms with van der Waals surface area (Å²) in [5.74, 6) is -2.01. The summed E-state index contributed by atoms with van der Waals surface area (Å²) in [6.07, 6.45) is -1.01. The molecule has 0 saturated heterocycles. The van der Waals surface area contributed by atoms with Crippen LogP contribution in [0.25, 0.3) is 0 Å². The highest BCUT2D eigenvalue weighted by Crippen LogP contribution is 2.17. The van der Waals surface area contributed by atoms with E-state index in [0.717, 1.165) is 10.9 Å². The van der Waals surface area contributed by atoms with E-state index >= 15 is 0 Å². The molecule has 0 aliphatic heterocycles. The van der Waals surface area contributed by atoms with Crippen LogP contribution in [0.2, 0.25) is 0 Å². The van der Waals surface area contributed by atoms with E-state index in [-0.39, 0.29) is 5.56 Å². The van der Waals surface area contributed by atoms with Crippen molar-refractivity contribution in [2.24, 2.45) is 0 Å². The molecule has 1 atom stereocenters. The van der Waals surface area contributed by atoms with Crippen LogP contribution in [-0.4, -0.2) is 18.0 Å². The second-order valence-electron chi connectivity index (χ2n) is 4.47. The smallest absolute Gasteiger partial charge is 0.341 e. The topological polar surface area (TPSA) is 55.4 Å². The second-order valence-corrected chi connectivity index (χ2v) is 6.42. The number of thiophene rings is 1. The second kappa shape index (κ2) is 7.51. The lowest BCUT2D eigenvalue weighted by Gasteiger charge is -2.13. The molecule has 0 bridgehead atoms. The van der Waals surface area contributed by atoms with E-state index in [1.54, 1.807) is 0 Å². The third kappa shape index (κ3) is 4.38. The average molecular weight is 386 g/mol. The third-order valence-corrected chi connectivity index (χ3v) is 4.19. The Kier molecular flexibility index (Phi) is 5.68. The van der Waals surface area contributed by atoms with Crippen LogP contribution in [0.4, 0.5) is 4.39 Å². The minimum Gasteiger partial charge on any atom is -0.449 e. The summed E-state index contributed by atoms with van der Waals surface area (Å²) < 4.78 is 19.1. The molecule has 1 aromatic carbocycles. The molecule has 116 valence electrons. The molecule has 0 spiro atoms. The summed E-state index contributed by atoms with van der Waals surface area (Å²) in [5, 5.41) is 4.56. The van der Waals surface area contributed by atoms with E-state index < -0.39 is 23.8 Å². The quantitative estimate of drug-likeness (QED) is 0.801. The highest BCUT2D eigenvalue weighted by Gasteiger charge is 2.21. The molecule has 0 unspecified atom stereocenters. The van der Waals surface area contributed by atoms with Crippen LogP contribution in [0.5, 0.6) is 0 Å². The lowest BCUT2D eigenvalue weighted by molar-refractivity contribution is -0.129. The monoisotopic (exact) mass is 385 g/mol. The van der Waals surface area contributed by atoms with E-state index in [4.69, 9.17) is 4.74 Å². The molecule has 1 heterocycles. The van der Waals surface area contributed by atoms with E-state index in [1.807, 2.05) is 17.5 Å². The number of ether oxygens (including phenoxy) is 1. The lowest BCUT2D eigenvalue weighted by Crippen LogP contribution is -2.35. The summed E-state index contributed by atoms with van der Waals surface area (Å²) in [6.45, 7) is 1.81. The van der Waals surface area contributed by atoms with Gasteiger partial charge in [0.2, 0.25) is 0 Å². The molecule has 0 fully saturated rings. The minimum atomic E-state index is -1.01. The Balaban J connectivity index is 1.92. The number of esters is 1. The Labute approximate surface area is 139 Å². The van der Waals surface area contributed by atoms with Crippen molar-refractivity contribution in [2.45, 2.75) is 19.6 Å². The molecule has 0 radical (unpaired) electrons. The zero-order chi connectivity index (χ0) is 16.1. The Morgan fingerprint density at radius 3 is 2.86 bits per heavy atom. The number of carbonyl (C=O) groups excluding carboxylic acids is 2. The number of rotatable bonds is 5. The number of hydrogen-bond acceptors (Lipinski definition) is 4. The Bertz CT molecular complexity index is 675. The van der Waals surface area contributed by atoms with Gasteiger partial charge < -0.3 is 10.1 Å². The van der Waals surface area contributed by atoms with E-state index in [9.17, 15) is 14.0 Å². The van der Waals surface area contributed by atoms with Crippen molar-refractivity contribution in [2.75, 3.05) is 0 Å². The van der Waals surface area contributed by atoms with Gasteiger partial charge in [0.05, 0.1) is 12.1 Å². The largest absolute Gasteiger partial charge is 0.449 e. The van der Waals surface area contributed by atoms with Gasteiger partial charge in [-0.2, -0.15) is 0 Å². The van der Waals surface area contributed by atoms with Crippen LogP contribution in [0, 0.1) is 5.82 Å². The molecule has 22 heavy (non-hydrogen) atoms. The zero-order valence-corrected chi connectivity index (χ0v) is 14.0. The summed E-state index contributed by atoms with van der Waals surface area (Å²) in [7, 11) is 0. The van der Waals surface area contributed by atoms with Gasteiger partial charge in [0.25, 0.3) is 5.91 Å². The highest BCUT2D eigenvalue weighted by atomic mass is 79.9. The lowest BCUT2D eigenvalue weighted by atomic mass is 10.2. The predicted molar refractivity (Wildman–Crippen MR) is 85.1 cm³/mol. The van der Waals surface area contributed by atoms with Gasteiger partial charge in [0.1, 0.15) is 5.82 Å². The fraction of sp³-hybridized carbons (Fsp3) is 0.200. The van der Waals surface area contributed by atoms with Gasteiger partial charge >= 0.3 is 5.97 Å². The molecule has 2 rings (SSSR count). The maximum atomic E-state index is 13.6. The number of carbonyl (C=O) groups is 2. The minimum absolute atomic E-state index is 0.215. The number of nitrogens with one attached hydrogen (secondary N) is 1. The normalized spacial score (nSPS) is 11.8. The highest BCUT2D eigenvalue weighted by molar-refractivity contribution is 9.10. The Morgan fingerprint density at radius 2 is 2.18 bits per heavy atom. The van der Waals surface area contributed by atoms with Crippen LogP contribution in [0.1, 0.15) is 22.2 Å². The fourth-order valence-corrected chi connectivity index (χ4v) is 2.67. The van der Waals surface area contributed by atoms with Crippen molar-refractivity contribution in [1.29, 1.82) is 0 Å². The van der Waals surface area contributed by atoms with E-state index in [1.165, 1.54) is 30.4 Å². The van der Waals surface area contributed by atoms with Gasteiger partial charge in [-0.3, -0.25) is 4.79 Å². The molecule has 1 N–H and O–H groups in total. The van der Waals surface area contributed by atoms with Gasteiger partial charge in [0.15, 0.2) is 6.10 Å². The van der Waals surface area contributed by atoms with Crippen molar-refractivity contribution in [3.63, 3.8) is 0 Å². The average Bonchev–Trinajstić information content (AvgIpc) is 3.00. The summed E-state index contributed by atoms with van der Waals surface area (Å²) in [5.41, 5.74) is -0.215. The van der Waals surface area contributed by atoms with Crippen molar-refractivity contribution in [1.82, 2.24) is 5.32 Å². The molecular formula is C15H13BrFNO3S. The van der Waals surface area contributed by atoms with Crippen molar-refractivity contribution >= 4 is 39.1 Å². The van der Waals surface area contributed by atoms with Crippen LogP contribution < -0.4 is 5.32 Å². The number of amides is 1. The van der Waals surface area contributed by atoms with E-state index in [0.29, 0.717) is 11.0 Å². The van der Waals surface area contributed by atoms with Crippen molar-refractivity contribution in [3.05, 3.63) is 56.4 Å². The first kappa shape index (κ1) is 16.6. The van der Waals surface area contributed by atoms with Crippen LogP contribution in [0.15, 0.2) is 40.2 Å². The molecule has 1 aromatic heterocycles. The first-order valence-corrected chi connectivity index (χ1v) is 8.11. The summed E-state index contributed by atoms with van der Waals surface area (Å²) in [6, 6.07) is 7.71. The molecule has 7 heteroatoms. The first-order chi connectivity index (χ1) is 10.5. The van der Waals surface area contributed by atoms with Gasteiger partial charge in [0, 0.05) is 9.35 Å². The molecule has 0 saturated carbocycles. The fourth-order valence-electron chi connectivity index (χ4n) is 1.66. The maximum absolute atomic E-state index is 13.6. The van der Waals surface area contributed by atoms with Gasteiger partial charge in [-0.1, -0.05) is 22.0 Å². The zero-order valence-electron chi connectivity index (χ0n) is 11.6. The number of hydrogen-bond donors (Lipinski definition) is 1. The van der Waals surface area contributed by atoms with Crippen LogP contribution in [0.3, 0.4) is 0 Å². The SMILES string of the molecule is C[C@@H](OC(=O)c1cc(Br)ccc1F)C(=O)NCc1cccs1. The molecule has 0 aliphatic carbocycles. The van der Waals surface area contributed by atoms with Gasteiger partial charge in [-0.15, -0.1) is 11.3 Å². The van der Waals surface area contributed by atoms with Crippen molar-refractivity contribution in [3.8, 4) is 0 Å². The van der Waals surface area contributed by atoms with Gasteiger partial charge in [-0.05, 0) is 36.6 Å². The Hall–Kier alpha value is -1.73. The van der Waals surface area contributed by atoms with Crippen LogP contribution >= 0.6 is 27.3 Å². The van der Waals surface area contributed by atoms with Gasteiger partial charge in [-0.25, -0.2) is 9.18 Å².